The lowest BCUT2D eigenvalue weighted by molar-refractivity contribution is -0.122. The molecule has 116 valence electrons. The first kappa shape index (κ1) is 16.3. The number of nitrogens with one attached hydrogen (secondary N) is 1. The maximum atomic E-state index is 12.4. The summed E-state index contributed by atoms with van der Waals surface area (Å²) in [4.78, 5) is 12.4. The second kappa shape index (κ2) is 7.79. The fraction of sp³-hybridized carbons (Fsp3) is 0.350. The molecule has 2 heteroatoms. The van der Waals surface area contributed by atoms with Crippen LogP contribution < -0.4 is 5.32 Å². The van der Waals surface area contributed by atoms with Crippen LogP contribution in [-0.4, -0.2) is 5.91 Å². The Hall–Kier alpha value is -2.09. The van der Waals surface area contributed by atoms with E-state index >= 15 is 0 Å². The molecule has 2 rings (SSSR count). The van der Waals surface area contributed by atoms with E-state index in [0.29, 0.717) is 6.42 Å². The van der Waals surface area contributed by atoms with E-state index < -0.39 is 5.54 Å². The number of carbonyl (C=O) groups is 1. The smallest absolute Gasteiger partial charge is 0.220 e. The molecular formula is C20H25NO. The van der Waals surface area contributed by atoms with Gasteiger partial charge in [0.1, 0.15) is 0 Å². The zero-order valence-electron chi connectivity index (χ0n) is 13.5. The summed E-state index contributed by atoms with van der Waals surface area (Å²) >= 11 is 0. The average molecular weight is 295 g/mol. The van der Waals surface area contributed by atoms with Crippen LogP contribution in [-0.2, 0) is 10.3 Å². The van der Waals surface area contributed by atoms with Gasteiger partial charge in [-0.25, -0.2) is 0 Å². The molecule has 0 atom stereocenters. The fourth-order valence-corrected chi connectivity index (χ4v) is 2.73. The van der Waals surface area contributed by atoms with Crippen molar-refractivity contribution < 1.29 is 4.79 Å². The number of benzene rings is 2. The van der Waals surface area contributed by atoms with Crippen molar-refractivity contribution in [2.45, 2.75) is 45.1 Å². The molecule has 0 fully saturated rings. The van der Waals surface area contributed by atoms with Crippen LogP contribution in [0.4, 0.5) is 0 Å². The molecule has 2 aromatic rings. The Morgan fingerprint density at radius 3 is 1.86 bits per heavy atom. The maximum absolute atomic E-state index is 12.4. The predicted molar refractivity (Wildman–Crippen MR) is 91.6 cm³/mol. The van der Waals surface area contributed by atoms with E-state index in [1.165, 1.54) is 0 Å². The molecule has 0 radical (unpaired) electrons. The van der Waals surface area contributed by atoms with Crippen LogP contribution in [0.25, 0.3) is 0 Å². The number of carbonyl (C=O) groups excluding carboxylic acids is 1. The minimum absolute atomic E-state index is 0.114. The summed E-state index contributed by atoms with van der Waals surface area (Å²) < 4.78 is 0. The number of hydrogen-bond acceptors (Lipinski definition) is 1. The Kier molecular flexibility index (Phi) is 5.76. The predicted octanol–water partition coefficient (Wildman–Crippen LogP) is 4.65. The highest BCUT2D eigenvalue weighted by Gasteiger charge is 2.30. The number of hydrogen-bond donors (Lipinski definition) is 1. The summed E-state index contributed by atoms with van der Waals surface area (Å²) in [5.74, 6) is 0.114. The van der Waals surface area contributed by atoms with Gasteiger partial charge in [-0.15, -0.1) is 0 Å². The average Bonchev–Trinajstić information content (AvgIpc) is 2.56. The molecule has 1 N–H and O–H groups in total. The van der Waals surface area contributed by atoms with E-state index in [0.717, 1.165) is 30.4 Å². The van der Waals surface area contributed by atoms with Gasteiger partial charge in [0.2, 0.25) is 5.91 Å². The molecule has 0 aromatic heterocycles. The molecule has 0 unspecified atom stereocenters. The first-order chi connectivity index (χ1) is 10.7. The molecule has 0 heterocycles. The SMILES string of the molecule is CCCCCC(=O)NC(C)(c1ccccc1)c1ccccc1. The van der Waals surface area contributed by atoms with Gasteiger partial charge in [-0.1, -0.05) is 80.4 Å². The molecule has 0 bridgehead atoms. The third-order valence-electron chi connectivity index (χ3n) is 4.10. The Morgan fingerprint density at radius 2 is 1.41 bits per heavy atom. The Balaban J connectivity index is 2.25. The van der Waals surface area contributed by atoms with Crippen LogP contribution in [0.2, 0.25) is 0 Å². The maximum Gasteiger partial charge on any atom is 0.220 e. The quantitative estimate of drug-likeness (QED) is 0.740. The fourth-order valence-electron chi connectivity index (χ4n) is 2.73. The normalized spacial score (nSPS) is 11.2. The van der Waals surface area contributed by atoms with Crippen LogP contribution in [0, 0.1) is 0 Å². The van der Waals surface area contributed by atoms with Crippen molar-refractivity contribution in [2.24, 2.45) is 0 Å². The summed E-state index contributed by atoms with van der Waals surface area (Å²) in [6.45, 7) is 4.23. The lowest BCUT2D eigenvalue weighted by atomic mass is 9.84. The summed E-state index contributed by atoms with van der Waals surface area (Å²) in [5, 5.41) is 3.25. The van der Waals surface area contributed by atoms with Crippen LogP contribution in [0.15, 0.2) is 60.7 Å². The van der Waals surface area contributed by atoms with Gasteiger partial charge in [-0.3, -0.25) is 4.79 Å². The molecule has 1 amide bonds. The highest BCUT2D eigenvalue weighted by molar-refractivity contribution is 5.77. The number of unbranched alkanes of at least 4 members (excludes halogenated alkanes) is 2. The van der Waals surface area contributed by atoms with Crippen molar-refractivity contribution in [3.63, 3.8) is 0 Å². The monoisotopic (exact) mass is 295 g/mol. The minimum atomic E-state index is -0.494. The van der Waals surface area contributed by atoms with Gasteiger partial charge in [-0.2, -0.15) is 0 Å². The highest BCUT2D eigenvalue weighted by atomic mass is 16.1. The van der Waals surface area contributed by atoms with Crippen molar-refractivity contribution in [2.75, 3.05) is 0 Å². The molecule has 2 aromatic carbocycles. The molecule has 0 aliphatic heterocycles. The molecule has 0 aliphatic carbocycles. The second-order valence-electron chi connectivity index (χ2n) is 5.86. The summed E-state index contributed by atoms with van der Waals surface area (Å²) in [6, 6.07) is 20.3. The molecule has 0 aliphatic rings. The molecule has 2 nitrogen and oxygen atoms in total. The Bertz CT molecular complexity index is 538. The van der Waals surface area contributed by atoms with Crippen molar-refractivity contribution in [3.05, 3.63) is 71.8 Å². The van der Waals surface area contributed by atoms with E-state index in [1.807, 2.05) is 36.4 Å². The van der Waals surface area contributed by atoms with Gasteiger partial charge in [0.05, 0.1) is 5.54 Å². The van der Waals surface area contributed by atoms with Crippen LogP contribution in [0.3, 0.4) is 0 Å². The summed E-state index contributed by atoms with van der Waals surface area (Å²) in [5.41, 5.74) is 1.71. The topological polar surface area (TPSA) is 29.1 Å². The molecule has 22 heavy (non-hydrogen) atoms. The lowest BCUT2D eigenvalue weighted by Gasteiger charge is -2.32. The first-order valence-corrected chi connectivity index (χ1v) is 8.09. The van der Waals surface area contributed by atoms with E-state index in [4.69, 9.17) is 0 Å². The molecule has 0 saturated carbocycles. The largest absolute Gasteiger partial charge is 0.343 e. The van der Waals surface area contributed by atoms with Crippen molar-refractivity contribution in [1.82, 2.24) is 5.32 Å². The van der Waals surface area contributed by atoms with Gasteiger partial charge < -0.3 is 5.32 Å². The third kappa shape index (κ3) is 3.97. The summed E-state index contributed by atoms with van der Waals surface area (Å²) in [6.07, 6.45) is 3.76. The minimum Gasteiger partial charge on any atom is -0.343 e. The second-order valence-corrected chi connectivity index (χ2v) is 5.86. The highest BCUT2D eigenvalue weighted by Crippen LogP contribution is 2.29. The molecule has 0 spiro atoms. The van der Waals surface area contributed by atoms with Gasteiger partial charge >= 0.3 is 0 Å². The lowest BCUT2D eigenvalue weighted by Crippen LogP contribution is -2.44. The van der Waals surface area contributed by atoms with Crippen LogP contribution >= 0.6 is 0 Å². The Labute approximate surface area is 133 Å². The van der Waals surface area contributed by atoms with Crippen molar-refractivity contribution >= 4 is 5.91 Å². The van der Waals surface area contributed by atoms with Crippen LogP contribution in [0.1, 0.15) is 50.7 Å². The number of rotatable bonds is 7. The van der Waals surface area contributed by atoms with Gasteiger partial charge in [0.25, 0.3) is 0 Å². The van der Waals surface area contributed by atoms with Gasteiger partial charge in [-0.05, 0) is 24.5 Å². The van der Waals surface area contributed by atoms with Crippen molar-refractivity contribution in [3.8, 4) is 0 Å². The summed E-state index contributed by atoms with van der Waals surface area (Å²) in [7, 11) is 0. The van der Waals surface area contributed by atoms with Gasteiger partial charge in [0.15, 0.2) is 0 Å². The van der Waals surface area contributed by atoms with Crippen molar-refractivity contribution in [1.29, 1.82) is 0 Å². The zero-order chi connectivity index (χ0) is 15.8. The van der Waals surface area contributed by atoms with Crippen LogP contribution in [0.5, 0.6) is 0 Å². The first-order valence-electron chi connectivity index (χ1n) is 8.09. The van der Waals surface area contributed by atoms with E-state index in [9.17, 15) is 4.79 Å². The third-order valence-corrected chi connectivity index (χ3v) is 4.10. The zero-order valence-corrected chi connectivity index (χ0v) is 13.5. The number of amides is 1. The van der Waals surface area contributed by atoms with E-state index in [-0.39, 0.29) is 5.91 Å². The molecule has 0 saturated heterocycles. The van der Waals surface area contributed by atoms with Gasteiger partial charge in [0, 0.05) is 6.42 Å². The van der Waals surface area contributed by atoms with E-state index in [2.05, 4.69) is 43.4 Å². The van der Waals surface area contributed by atoms with E-state index in [1.54, 1.807) is 0 Å². The Morgan fingerprint density at radius 1 is 0.909 bits per heavy atom. The molecular weight excluding hydrogens is 270 g/mol. The standard InChI is InChI=1S/C20H25NO/c1-3-4-7-16-19(22)21-20(2,17-12-8-5-9-13-17)18-14-10-6-11-15-18/h5-6,8-15H,3-4,7,16H2,1-2H3,(H,21,22).